The molecule has 6 nitrogen and oxygen atoms in total. The molecule has 0 aliphatic carbocycles. The van der Waals surface area contributed by atoms with E-state index >= 15 is 0 Å². The molecular formula is C23H23F3N4O2. The maximum Gasteiger partial charge on any atom is 0.416 e. The normalized spacial score (nSPS) is 16.9. The first-order valence-corrected chi connectivity index (χ1v) is 10.4. The number of benzene rings is 2. The lowest BCUT2D eigenvalue weighted by Crippen LogP contribution is -2.50. The van der Waals surface area contributed by atoms with Gasteiger partial charge >= 0.3 is 6.18 Å². The molecule has 0 spiro atoms. The average Bonchev–Trinajstić information content (AvgIpc) is 3.24. The summed E-state index contributed by atoms with van der Waals surface area (Å²) in [5.41, 5.74) is 1.69. The summed E-state index contributed by atoms with van der Waals surface area (Å²) in [4.78, 5) is 28.6. The fourth-order valence-electron chi connectivity index (χ4n) is 3.84. The third-order valence-electron chi connectivity index (χ3n) is 5.68. The smallest absolute Gasteiger partial charge is 0.335 e. The second-order valence-corrected chi connectivity index (χ2v) is 7.92. The highest BCUT2D eigenvalue weighted by molar-refractivity contribution is 5.96. The van der Waals surface area contributed by atoms with Crippen molar-refractivity contribution in [3.05, 3.63) is 65.2 Å². The number of nitrogens with zero attached hydrogens (tertiary/aromatic N) is 4. The Balaban J connectivity index is 1.36. The maximum atomic E-state index is 12.9. The fourth-order valence-corrected chi connectivity index (χ4v) is 3.84. The second kappa shape index (κ2) is 8.64. The van der Waals surface area contributed by atoms with Crippen molar-refractivity contribution in [2.45, 2.75) is 19.5 Å². The molecule has 4 rings (SSSR count). The number of hydrazone groups is 1. The Morgan fingerprint density at radius 2 is 1.44 bits per heavy atom. The van der Waals surface area contributed by atoms with E-state index in [2.05, 4.69) is 5.10 Å². The zero-order valence-electron chi connectivity index (χ0n) is 17.6. The molecule has 0 unspecified atom stereocenters. The first-order valence-electron chi connectivity index (χ1n) is 10.4. The predicted molar refractivity (Wildman–Crippen MR) is 115 cm³/mol. The van der Waals surface area contributed by atoms with Crippen LogP contribution in [0.1, 0.15) is 39.6 Å². The van der Waals surface area contributed by atoms with Crippen LogP contribution in [0.25, 0.3) is 0 Å². The van der Waals surface area contributed by atoms with Gasteiger partial charge in [-0.1, -0.05) is 6.07 Å². The molecule has 2 amide bonds. The van der Waals surface area contributed by atoms with Gasteiger partial charge in [-0.25, -0.2) is 0 Å². The number of rotatable bonds is 3. The van der Waals surface area contributed by atoms with E-state index in [1.54, 1.807) is 17.0 Å². The average molecular weight is 444 g/mol. The molecule has 1 fully saturated rings. The SMILES string of the molecule is CC1=NN(c2ccc(C(=O)N3CCN(C(=O)c4cccc(C(F)(F)F)c4)CC3)cc2)CC1. The van der Waals surface area contributed by atoms with Gasteiger partial charge in [0.05, 0.1) is 11.3 Å². The van der Waals surface area contributed by atoms with E-state index in [9.17, 15) is 22.8 Å². The van der Waals surface area contributed by atoms with Crippen LogP contribution < -0.4 is 5.01 Å². The predicted octanol–water partition coefficient (Wildman–Crippen LogP) is 3.89. The lowest BCUT2D eigenvalue weighted by molar-refractivity contribution is -0.137. The number of anilines is 1. The summed E-state index contributed by atoms with van der Waals surface area (Å²) < 4.78 is 38.8. The van der Waals surface area contributed by atoms with Crippen LogP contribution in [0.5, 0.6) is 0 Å². The van der Waals surface area contributed by atoms with Gasteiger partial charge in [0.2, 0.25) is 0 Å². The van der Waals surface area contributed by atoms with Gasteiger partial charge in [0.25, 0.3) is 11.8 Å². The Labute approximate surface area is 183 Å². The molecule has 0 saturated carbocycles. The fraction of sp³-hybridized carbons (Fsp3) is 0.348. The maximum absolute atomic E-state index is 12.9. The molecule has 32 heavy (non-hydrogen) atoms. The van der Waals surface area contributed by atoms with Gasteiger partial charge in [-0.3, -0.25) is 14.6 Å². The van der Waals surface area contributed by atoms with Crippen molar-refractivity contribution in [3.8, 4) is 0 Å². The van der Waals surface area contributed by atoms with Crippen LogP contribution in [0.3, 0.4) is 0 Å². The first kappa shape index (κ1) is 21.9. The second-order valence-electron chi connectivity index (χ2n) is 7.92. The van der Waals surface area contributed by atoms with Crippen LogP contribution in [0, 0.1) is 0 Å². The van der Waals surface area contributed by atoms with Crippen LogP contribution in [0.2, 0.25) is 0 Å². The van der Waals surface area contributed by atoms with Crippen LogP contribution in [0.15, 0.2) is 53.6 Å². The Kier molecular flexibility index (Phi) is 5.90. The van der Waals surface area contributed by atoms with Crippen molar-refractivity contribution in [1.82, 2.24) is 9.80 Å². The van der Waals surface area contributed by atoms with E-state index in [0.29, 0.717) is 18.7 Å². The minimum atomic E-state index is -4.50. The van der Waals surface area contributed by atoms with Crippen molar-refractivity contribution in [2.24, 2.45) is 5.10 Å². The van der Waals surface area contributed by atoms with Crippen molar-refractivity contribution >= 4 is 23.2 Å². The van der Waals surface area contributed by atoms with Crippen LogP contribution >= 0.6 is 0 Å². The van der Waals surface area contributed by atoms with Gasteiger partial charge in [-0.15, -0.1) is 0 Å². The van der Waals surface area contributed by atoms with E-state index in [-0.39, 0.29) is 24.6 Å². The van der Waals surface area contributed by atoms with E-state index in [0.717, 1.165) is 36.5 Å². The Hall–Kier alpha value is -3.36. The number of piperazine rings is 1. The number of carbonyl (C=O) groups excluding carboxylic acids is 2. The quantitative estimate of drug-likeness (QED) is 0.722. The number of carbonyl (C=O) groups is 2. The molecule has 2 aliphatic rings. The number of hydrogen-bond donors (Lipinski definition) is 0. The minimum Gasteiger partial charge on any atom is -0.335 e. The van der Waals surface area contributed by atoms with Gasteiger partial charge in [0.15, 0.2) is 0 Å². The summed E-state index contributed by atoms with van der Waals surface area (Å²) in [6.45, 7) is 3.97. The molecule has 168 valence electrons. The van der Waals surface area contributed by atoms with Crippen molar-refractivity contribution in [2.75, 3.05) is 37.7 Å². The summed E-state index contributed by atoms with van der Waals surface area (Å²) in [7, 11) is 0. The van der Waals surface area contributed by atoms with Crippen molar-refractivity contribution in [1.29, 1.82) is 0 Å². The highest BCUT2D eigenvalue weighted by Crippen LogP contribution is 2.30. The minimum absolute atomic E-state index is 0.00463. The molecule has 0 radical (unpaired) electrons. The number of alkyl halides is 3. The first-order chi connectivity index (χ1) is 15.2. The zero-order chi connectivity index (χ0) is 22.9. The van der Waals surface area contributed by atoms with E-state index in [1.165, 1.54) is 17.0 Å². The summed E-state index contributed by atoms with van der Waals surface area (Å²) >= 11 is 0. The third-order valence-corrected chi connectivity index (χ3v) is 5.68. The Morgan fingerprint density at radius 1 is 0.844 bits per heavy atom. The van der Waals surface area contributed by atoms with Gasteiger partial charge in [-0.05, 0) is 49.4 Å². The molecule has 1 saturated heterocycles. The molecule has 2 aliphatic heterocycles. The van der Waals surface area contributed by atoms with Gasteiger partial charge in [0, 0.05) is 56.0 Å². The lowest BCUT2D eigenvalue weighted by Gasteiger charge is -2.35. The van der Waals surface area contributed by atoms with Gasteiger partial charge < -0.3 is 9.80 Å². The molecule has 0 atom stereocenters. The molecule has 2 aromatic rings. The standard InChI is InChI=1S/C23H23F3N4O2/c1-16-9-10-30(27-16)20-7-5-17(6-8-20)21(31)28-11-13-29(14-12-28)22(32)18-3-2-4-19(15-18)23(24,25)26/h2-8,15H,9-14H2,1H3. The Morgan fingerprint density at radius 3 is 1.97 bits per heavy atom. The molecule has 9 heteroatoms. The number of amides is 2. The van der Waals surface area contributed by atoms with Crippen molar-refractivity contribution < 1.29 is 22.8 Å². The van der Waals surface area contributed by atoms with E-state index < -0.39 is 17.6 Å². The lowest BCUT2D eigenvalue weighted by atomic mass is 10.1. The topological polar surface area (TPSA) is 56.2 Å². The summed E-state index contributed by atoms with van der Waals surface area (Å²) in [5, 5.41) is 6.35. The van der Waals surface area contributed by atoms with E-state index in [1.807, 2.05) is 24.1 Å². The highest BCUT2D eigenvalue weighted by atomic mass is 19.4. The zero-order valence-corrected chi connectivity index (χ0v) is 17.6. The molecule has 0 N–H and O–H groups in total. The van der Waals surface area contributed by atoms with Gasteiger partial charge in [-0.2, -0.15) is 18.3 Å². The summed E-state index contributed by atoms with van der Waals surface area (Å²) in [5.74, 6) is -0.599. The molecular weight excluding hydrogens is 421 g/mol. The van der Waals surface area contributed by atoms with Crippen LogP contribution in [0.4, 0.5) is 18.9 Å². The molecule has 2 aromatic carbocycles. The van der Waals surface area contributed by atoms with Crippen LogP contribution in [-0.2, 0) is 6.18 Å². The molecule has 0 aromatic heterocycles. The summed E-state index contributed by atoms with van der Waals surface area (Å²) in [6, 6.07) is 11.7. The van der Waals surface area contributed by atoms with E-state index in [4.69, 9.17) is 0 Å². The number of hydrogen-bond acceptors (Lipinski definition) is 4. The van der Waals surface area contributed by atoms with Crippen LogP contribution in [-0.4, -0.2) is 60.0 Å². The third kappa shape index (κ3) is 4.61. The largest absolute Gasteiger partial charge is 0.416 e. The highest BCUT2D eigenvalue weighted by Gasteiger charge is 2.32. The monoisotopic (exact) mass is 444 g/mol. The Bertz CT molecular complexity index is 1040. The van der Waals surface area contributed by atoms with Gasteiger partial charge in [0.1, 0.15) is 0 Å². The van der Waals surface area contributed by atoms with Crippen molar-refractivity contribution in [3.63, 3.8) is 0 Å². The summed E-state index contributed by atoms with van der Waals surface area (Å²) in [6.07, 6.45) is -3.58. The molecule has 2 heterocycles. The number of halogens is 3. The molecule has 0 bridgehead atoms.